The van der Waals surface area contributed by atoms with Crippen LogP contribution < -0.4 is 0 Å². The van der Waals surface area contributed by atoms with Crippen LogP contribution in [0.15, 0.2) is 0 Å². The highest BCUT2D eigenvalue weighted by atomic mass is 16.5. The number of hydrogen-bond acceptors (Lipinski definition) is 3. The number of Topliss-reactive ketones (excluding diaryl/α,β-unsaturated/α-hetero) is 1. The first kappa shape index (κ1) is 13.7. The largest absolute Gasteiger partial charge is 0.381 e. The van der Waals surface area contributed by atoms with Gasteiger partial charge in [-0.2, -0.15) is 0 Å². The van der Waals surface area contributed by atoms with Crippen molar-refractivity contribution >= 4 is 5.78 Å². The van der Waals surface area contributed by atoms with Gasteiger partial charge in [0.1, 0.15) is 5.78 Å². The lowest BCUT2D eigenvalue weighted by Crippen LogP contribution is -2.40. The summed E-state index contributed by atoms with van der Waals surface area (Å²) in [6, 6.07) is 0. The van der Waals surface area contributed by atoms with Crippen molar-refractivity contribution < 1.29 is 9.53 Å². The maximum Gasteiger partial charge on any atom is 0.138 e. The third-order valence-electron chi connectivity index (χ3n) is 2.97. The van der Waals surface area contributed by atoms with Crippen molar-refractivity contribution in [3.8, 4) is 0 Å². The number of carbonyl (C=O) groups is 1. The molecule has 3 heteroatoms. The van der Waals surface area contributed by atoms with Crippen molar-refractivity contribution in [2.24, 2.45) is 11.8 Å². The van der Waals surface area contributed by atoms with Gasteiger partial charge in [0.05, 0.1) is 0 Å². The van der Waals surface area contributed by atoms with Crippen molar-refractivity contribution in [1.29, 1.82) is 0 Å². The summed E-state index contributed by atoms with van der Waals surface area (Å²) in [5, 5.41) is 0. The van der Waals surface area contributed by atoms with Crippen molar-refractivity contribution in [2.45, 2.75) is 33.6 Å². The molecule has 0 aromatic carbocycles. The molecule has 0 bridgehead atoms. The Balaban J connectivity index is 2.03. The summed E-state index contributed by atoms with van der Waals surface area (Å²) >= 11 is 0. The lowest BCUT2D eigenvalue weighted by atomic mass is 9.98. The molecule has 0 spiro atoms. The monoisotopic (exact) mass is 227 g/mol. The number of carbonyl (C=O) groups excluding carboxylic acids is 1. The Morgan fingerprint density at radius 2 is 2.25 bits per heavy atom. The van der Waals surface area contributed by atoms with E-state index >= 15 is 0 Å². The highest BCUT2D eigenvalue weighted by molar-refractivity contribution is 5.81. The predicted octanol–water partition coefficient (Wildman–Crippen LogP) is 1.96. The van der Waals surface area contributed by atoms with Gasteiger partial charge in [-0.05, 0) is 12.3 Å². The van der Waals surface area contributed by atoms with E-state index in [1.807, 2.05) is 6.92 Å². The molecule has 1 atom stereocenters. The molecule has 0 saturated carbocycles. The molecule has 16 heavy (non-hydrogen) atoms. The van der Waals surface area contributed by atoms with E-state index in [0.29, 0.717) is 11.7 Å². The average molecular weight is 227 g/mol. The second-order valence-electron chi connectivity index (χ2n) is 5.24. The van der Waals surface area contributed by atoms with Crippen LogP contribution in [-0.2, 0) is 9.53 Å². The normalized spacial score (nSPS) is 23.0. The predicted molar refractivity (Wildman–Crippen MR) is 65.5 cm³/mol. The van der Waals surface area contributed by atoms with Crippen LogP contribution in [0.4, 0.5) is 0 Å². The second kappa shape index (κ2) is 7.02. The minimum absolute atomic E-state index is 0.227. The van der Waals surface area contributed by atoms with Crippen molar-refractivity contribution in [3.05, 3.63) is 0 Å². The zero-order valence-corrected chi connectivity index (χ0v) is 10.9. The minimum atomic E-state index is 0.227. The lowest BCUT2D eigenvalue weighted by molar-refractivity contribution is -0.125. The van der Waals surface area contributed by atoms with E-state index in [4.69, 9.17) is 4.74 Å². The van der Waals surface area contributed by atoms with Gasteiger partial charge in [0.25, 0.3) is 0 Å². The molecule has 0 radical (unpaired) electrons. The maximum absolute atomic E-state index is 11.3. The Hall–Kier alpha value is -0.410. The SMILES string of the molecule is CC(C)COCCCN1CCC(=O)C(C)C1. The van der Waals surface area contributed by atoms with Gasteiger partial charge in [-0.1, -0.05) is 20.8 Å². The molecule has 0 aliphatic carbocycles. The van der Waals surface area contributed by atoms with Gasteiger partial charge >= 0.3 is 0 Å². The molecular weight excluding hydrogens is 202 g/mol. The molecule has 0 amide bonds. The Bertz CT molecular complexity index is 216. The zero-order valence-electron chi connectivity index (χ0n) is 10.9. The Labute approximate surface area is 99.1 Å². The summed E-state index contributed by atoms with van der Waals surface area (Å²) in [7, 11) is 0. The second-order valence-corrected chi connectivity index (χ2v) is 5.24. The van der Waals surface area contributed by atoms with Crippen LogP contribution in [0.5, 0.6) is 0 Å². The molecule has 3 nitrogen and oxygen atoms in total. The van der Waals surface area contributed by atoms with E-state index < -0.39 is 0 Å². The van der Waals surface area contributed by atoms with E-state index in [2.05, 4.69) is 18.7 Å². The fourth-order valence-corrected chi connectivity index (χ4v) is 2.01. The topological polar surface area (TPSA) is 29.5 Å². The third-order valence-corrected chi connectivity index (χ3v) is 2.97. The van der Waals surface area contributed by atoms with Gasteiger partial charge in [-0.15, -0.1) is 0 Å². The quantitative estimate of drug-likeness (QED) is 0.650. The summed E-state index contributed by atoms with van der Waals surface area (Å²) in [5.41, 5.74) is 0. The third kappa shape index (κ3) is 5.08. The minimum Gasteiger partial charge on any atom is -0.381 e. The van der Waals surface area contributed by atoms with Crippen LogP contribution in [0.3, 0.4) is 0 Å². The lowest BCUT2D eigenvalue weighted by Gasteiger charge is -2.29. The molecule has 0 N–H and O–H groups in total. The fraction of sp³-hybridized carbons (Fsp3) is 0.923. The Kier molecular flexibility index (Phi) is 5.99. The highest BCUT2D eigenvalue weighted by Crippen LogP contribution is 2.12. The first-order chi connectivity index (χ1) is 7.59. The van der Waals surface area contributed by atoms with Crippen molar-refractivity contribution in [2.75, 3.05) is 32.8 Å². The number of likely N-dealkylation sites (tertiary alicyclic amines) is 1. The Morgan fingerprint density at radius 3 is 2.88 bits per heavy atom. The molecule has 1 aliphatic heterocycles. The average Bonchev–Trinajstić information content (AvgIpc) is 2.22. The van der Waals surface area contributed by atoms with E-state index in [1.54, 1.807) is 0 Å². The molecule has 94 valence electrons. The fourth-order valence-electron chi connectivity index (χ4n) is 2.01. The van der Waals surface area contributed by atoms with Gasteiger partial charge in [-0.25, -0.2) is 0 Å². The van der Waals surface area contributed by atoms with E-state index in [0.717, 1.165) is 45.7 Å². The Morgan fingerprint density at radius 1 is 1.50 bits per heavy atom. The summed E-state index contributed by atoms with van der Waals surface area (Å²) in [6.07, 6.45) is 1.81. The molecule has 1 saturated heterocycles. The van der Waals surface area contributed by atoms with Crippen molar-refractivity contribution in [1.82, 2.24) is 4.90 Å². The van der Waals surface area contributed by atoms with Gasteiger partial charge in [0.2, 0.25) is 0 Å². The van der Waals surface area contributed by atoms with Gasteiger partial charge in [0, 0.05) is 45.2 Å². The standard InChI is InChI=1S/C13H25NO2/c1-11(2)10-16-8-4-6-14-7-5-13(15)12(3)9-14/h11-12H,4-10H2,1-3H3. The molecule has 1 aliphatic rings. The summed E-state index contributed by atoms with van der Waals surface area (Å²) in [4.78, 5) is 13.7. The summed E-state index contributed by atoms with van der Waals surface area (Å²) < 4.78 is 5.54. The molecule has 0 aromatic rings. The van der Waals surface area contributed by atoms with E-state index in [1.165, 1.54) is 0 Å². The zero-order chi connectivity index (χ0) is 12.0. The van der Waals surface area contributed by atoms with Crippen LogP contribution in [0, 0.1) is 11.8 Å². The van der Waals surface area contributed by atoms with Crippen LogP contribution in [0.25, 0.3) is 0 Å². The number of nitrogens with zero attached hydrogens (tertiary/aromatic N) is 1. The summed E-state index contributed by atoms with van der Waals surface area (Å²) in [5.74, 6) is 1.27. The molecule has 0 aromatic heterocycles. The molecular formula is C13H25NO2. The molecule has 1 rings (SSSR count). The van der Waals surface area contributed by atoms with Crippen molar-refractivity contribution in [3.63, 3.8) is 0 Å². The highest BCUT2D eigenvalue weighted by Gasteiger charge is 2.22. The van der Waals surface area contributed by atoms with E-state index in [-0.39, 0.29) is 5.92 Å². The molecule has 1 fully saturated rings. The molecule has 1 unspecified atom stereocenters. The van der Waals surface area contributed by atoms with Gasteiger partial charge in [-0.3, -0.25) is 4.79 Å². The first-order valence-electron chi connectivity index (χ1n) is 6.42. The first-order valence-corrected chi connectivity index (χ1v) is 6.42. The van der Waals surface area contributed by atoms with Crippen LogP contribution in [0.1, 0.15) is 33.6 Å². The van der Waals surface area contributed by atoms with Crippen LogP contribution in [0.2, 0.25) is 0 Å². The van der Waals surface area contributed by atoms with Gasteiger partial charge < -0.3 is 9.64 Å². The van der Waals surface area contributed by atoms with Crippen LogP contribution >= 0.6 is 0 Å². The smallest absolute Gasteiger partial charge is 0.138 e. The number of hydrogen-bond donors (Lipinski definition) is 0. The van der Waals surface area contributed by atoms with E-state index in [9.17, 15) is 4.79 Å². The number of ether oxygens (including phenoxy) is 1. The van der Waals surface area contributed by atoms with Gasteiger partial charge in [0.15, 0.2) is 0 Å². The number of rotatable bonds is 6. The summed E-state index contributed by atoms with van der Waals surface area (Å²) in [6.45, 7) is 11.0. The molecule has 1 heterocycles. The van der Waals surface area contributed by atoms with Crippen LogP contribution in [-0.4, -0.2) is 43.5 Å². The maximum atomic E-state index is 11.3. The number of ketones is 1. The number of piperidine rings is 1.